The zero-order chi connectivity index (χ0) is 20.7. The third kappa shape index (κ3) is 2.88. The molecular weight excluding hydrogens is 398 g/mol. The first kappa shape index (κ1) is 18.5. The Hall–Kier alpha value is -3.51. The molecule has 30 heavy (non-hydrogen) atoms. The second-order valence-corrected chi connectivity index (χ2v) is 7.80. The fourth-order valence-electron chi connectivity index (χ4n) is 3.70. The minimum Gasteiger partial charge on any atom is -0.461 e. The van der Waals surface area contributed by atoms with Gasteiger partial charge < -0.3 is 13.7 Å². The highest BCUT2D eigenvalue weighted by atomic mass is 32.2. The summed E-state index contributed by atoms with van der Waals surface area (Å²) in [4.78, 5) is 29.7. The fourth-order valence-corrected chi connectivity index (χ4v) is 4.98. The summed E-state index contributed by atoms with van der Waals surface area (Å²) < 4.78 is 10.7. The molecule has 0 spiro atoms. The summed E-state index contributed by atoms with van der Waals surface area (Å²) in [5.74, 6) is -0.677. The van der Waals surface area contributed by atoms with Crippen LogP contribution in [0.4, 0.5) is 5.69 Å². The van der Waals surface area contributed by atoms with E-state index in [0.717, 1.165) is 21.4 Å². The Kier molecular flexibility index (Phi) is 4.56. The highest BCUT2D eigenvalue weighted by Gasteiger charge is 2.36. The van der Waals surface area contributed by atoms with Gasteiger partial charge in [0.15, 0.2) is 11.5 Å². The predicted octanol–water partition coefficient (Wildman–Crippen LogP) is 5.94. The Balaban J connectivity index is 1.74. The lowest BCUT2D eigenvalue weighted by atomic mass is 10.0. The van der Waals surface area contributed by atoms with Crippen molar-refractivity contribution in [2.75, 3.05) is 11.4 Å². The van der Waals surface area contributed by atoms with Gasteiger partial charge in [-0.1, -0.05) is 42.1 Å². The Bertz CT molecular complexity index is 1240. The van der Waals surface area contributed by atoms with E-state index in [0.29, 0.717) is 11.6 Å². The normalized spacial score (nSPS) is 13.0. The average molecular weight is 415 g/mol. The van der Waals surface area contributed by atoms with Crippen molar-refractivity contribution in [3.05, 3.63) is 95.3 Å². The number of thioether (sulfide) groups is 1. The van der Waals surface area contributed by atoms with E-state index in [9.17, 15) is 9.59 Å². The van der Waals surface area contributed by atoms with Gasteiger partial charge >= 0.3 is 0 Å². The van der Waals surface area contributed by atoms with Crippen LogP contribution in [0.1, 0.15) is 28.0 Å². The SMILES string of the molecule is CCN1C(=C(C(=O)c2ccco2)C(=O)c2ccco2)Sc2ccc3ccccc3c21. The van der Waals surface area contributed by atoms with Gasteiger partial charge in [-0.2, -0.15) is 0 Å². The maximum atomic E-state index is 13.4. The molecule has 5 rings (SSSR count). The van der Waals surface area contributed by atoms with Gasteiger partial charge in [-0.05, 0) is 42.6 Å². The number of rotatable bonds is 5. The van der Waals surface area contributed by atoms with Crippen LogP contribution in [0.25, 0.3) is 10.8 Å². The molecule has 0 unspecified atom stereocenters. The molecule has 0 atom stereocenters. The fraction of sp³-hybridized carbons (Fsp3) is 0.0833. The monoisotopic (exact) mass is 415 g/mol. The first-order valence-electron chi connectivity index (χ1n) is 9.57. The van der Waals surface area contributed by atoms with Gasteiger partial charge in [-0.3, -0.25) is 9.59 Å². The van der Waals surface area contributed by atoms with Crippen molar-refractivity contribution in [1.29, 1.82) is 0 Å². The molecule has 0 amide bonds. The smallest absolute Gasteiger partial charge is 0.234 e. The number of benzene rings is 2. The number of carbonyl (C=O) groups is 2. The summed E-state index contributed by atoms with van der Waals surface area (Å²) in [7, 11) is 0. The van der Waals surface area contributed by atoms with Crippen molar-refractivity contribution in [3.63, 3.8) is 0 Å². The molecule has 0 fully saturated rings. The van der Waals surface area contributed by atoms with Crippen molar-refractivity contribution in [2.24, 2.45) is 0 Å². The van der Waals surface area contributed by atoms with Gasteiger partial charge in [0, 0.05) is 16.8 Å². The average Bonchev–Trinajstić information content (AvgIpc) is 3.54. The zero-order valence-corrected chi connectivity index (χ0v) is 16.9. The summed E-state index contributed by atoms with van der Waals surface area (Å²) in [5, 5.41) is 2.77. The lowest BCUT2D eigenvalue weighted by Gasteiger charge is -2.21. The molecule has 0 saturated carbocycles. The first-order valence-corrected chi connectivity index (χ1v) is 10.4. The molecule has 6 heteroatoms. The Morgan fingerprint density at radius 3 is 2.13 bits per heavy atom. The maximum Gasteiger partial charge on any atom is 0.234 e. The van der Waals surface area contributed by atoms with Gasteiger partial charge in [0.2, 0.25) is 11.6 Å². The summed E-state index contributed by atoms with van der Waals surface area (Å²) in [6.07, 6.45) is 2.85. The molecule has 0 saturated heterocycles. The van der Waals surface area contributed by atoms with Gasteiger partial charge in [0.1, 0.15) is 5.57 Å². The molecular formula is C24H17NO4S. The van der Waals surface area contributed by atoms with E-state index < -0.39 is 11.6 Å². The van der Waals surface area contributed by atoms with Crippen molar-refractivity contribution in [1.82, 2.24) is 0 Å². The lowest BCUT2D eigenvalue weighted by Crippen LogP contribution is -2.24. The van der Waals surface area contributed by atoms with E-state index in [1.54, 1.807) is 24.3 Å². The number of furan rings is 2. The van der Waals surface area contributed by atoms with E-state index >= 15 is 0 Å². The van der Waals surface area contributed by atoms with Crippen LogP contribution in [0.2, 0.25) is 0 Å². The number of carbonyl (C=O) groups excluding carboxylic acids is 2. The van der Waals surface area contributed by atoms with Crippen molar-refractivity contribution < 1.29 is 18.4 Å². The molecule has 2 aromatic heterocycles. The number of hydrogen-bond donors (Lipinski definition) is 0. The third-order valence-electron chi connectivity index (χ3n) is 5.06. The number of ketones is 2. The van der Waals surface area contributed by atoms with E-state index in [1.807, 2.05) is 30.0 Å². The quantitative estimate of drug-likeness (QED) is 0.174. The highest BCUT2D eigenvalue weighted by molar-refractivity contribution is 8.03. The molecule has 0 N–H and O–H groups in total. The van der Waals surface area contributed by atoms with Gasteiger partial charge in [0.05, 0.1) is 23.2 Å². The number of anilines is 1. The molecule has 4 aromatic rings. The van der Waals surface area contributed by atoms with E-state index in [2.05, 4.69) is 18.2 Å². The number of Topliss-reactive ketones (excluding diaryl/α,β-unsaturated/α-hetero) is 2. The molecule has 0 bridgehead atoms. The largest absolute Gasteiger partial charge is 0.461 e. The van der Waals surface area contributed by atoms with Crippen molar-refractivity contribution >= 4 is 39.8 Å². The standard InChI is InChI=1S/C24H17NO4S/c1-2-25-21-16-8-4-3-7-15(16)11-12-19(21)30-24(25)20(22(26)17-9-5-13-28-17)23(27)18-10-6-14-29-18/h3-14H,2H2,1H3. The Labute approximate surface area is 177 Å². The van der Waals surface area contributed by atoms with Crippen LogP contribution < -0.4 is 4.90 Å². The summed E-state index contributed by atoms with van der Waals surface area (Å²) in [6, 6.07) is 18.6. The number of nitrogens with zero attached hydrogens (tertiary/aromatic N) is 1. The zero-order valence-electron chi connectivity index (χ0n) is 16.1. The van der Waals surface area contributed by atoms with Crippen LogP contribution in [-0.4, -0.2) is 18.1 Å². The number of fused-ring (bicyclic) bond motifs is 3. The summed E-state index contributed by atoms with van der Waals surface area (Å²) in [5.41, 5.74) is 1.06. The van der Waals surface area contributed by atoms with Crippen LogP contribution >= 0.6 is 11.8 Å². The van der Waals surface area contributed by atoms with Gasteiger partial charge in [-0.15, -0.1) is 0 Å². The molecule has 1 aliphatic heterocycles. The summed E-state index contributed by atoms with van der Waals surface area (Å²) >= 11 is 1.42. The van der Waals surface area contributed by atoms with E-state index in [-0.39, 0.29) is 17.1 Å². The molecule has 0 radical (unpaired) electrons. The van der Waals surface area contributed by atoms with Gasteiger partial charge in [0.25, 0.3) is 0 Å². The molecule has 1 aliphatic rings. The van der Waals surface area contributed by atoms with Crippen molar-refractivity contribution in [3.8, 4) is 0 Å². The topological polar surface area (TPSA) is 63.7 Å². The Morgan fingerprint density at radius 1 is 0.867 bits per heavy atom. The lowest BCUT2D eigenvalue weighted by molar-refractivity contribution is 0.0933. The molecule has 0 aliphatic carbocycles. The van der Waals surface area contributed by atoms with Crippen LogP contribution in [0, 0.1) is 0 Å². The van der Waals surface area contributed by atoms with Gasteiger partial charge in [-0.25, -0.2) is 0 Å². The summed E-state index contributed by atoms with van der Waals surface area (Å²) in [6.45, 7) is 2.60. The number of hydrogen-bond acceptors (Lipinski definition) is 6. The minimum absolute atomic E-state index is 0.0482. The van der Waals surface area contributed by atoms with Crippen molar-refractivity contribution in [2.45, 2.75) is 11.8 Å². The first-order chi connectivity index (χ1) is 14.7. The predicted molar refractivity (Wildman–Crippen MR) is 116 cm³/mol. The van der Waals surface area contributed by atoms with Crippen LogP contribution in [0.5, 0.6) is 0 Å². The molecule has 3 heterocycles. The van der Waals surface area contributed by atoms with Crippen LogP contribution in [-0.2, 0) is 0 Å². The van der Waals surface area contributed by atoms with Crippen LogP contribution in [0.15, 0.2) is 97.5 Å². The number of allylic oxidation sites excluding steroid dienone is 1. The molecule has 5 nitrogen and oxygen atoms in total. The second-order valence-electron chi connectivity index (χ2n) is 6.77. The van der Waals surface area contributed by atoms with E-state index in [1.165, 1.54) is 24.3 Å². The van der Waals surface area contributed by atoms with E-state index in [4.69, 9.17) is 8.83 Å². The van der Waals surface area contributed by atoms with Crippen LogP contribution in [0.3, 0.4) is 0 Å². The third-order valence-corrected chi connectivity index (χ3v) is 6.23. The second kappa shape index (κ2) is 7.39. The maximum absolute atomic E-state index is 13.4. The molecule has 2 aromatic carbocycles. The Morgan fingerprint density at radius 2 is 1.53 bits per heavy atom. The minimum atomic E-state index is -0.459. The highest BCUT2D eigenvalue weighted by Crippen LogP contribution is 2.50. The molecule has 148 valence electrons.